The number of aromatic carboxylic acids is 1. The lowest BCUT2D eigenvalue weighted by atomic mass is 10.1. The molecule has 0 amide bonds. The Hall–Kier alpha value is -3.04. The van der Waals surface area contributed by atoms with Gasteiger partial charge in [-0.05, 0) is 36.6 Å². The van der Waals surface area contributed by atoms with Gasteiger partial charge in [0.1, 0.15) is 0 Å². The van der Waals surface area contributed by atoms with E-state index < -0.39 is 21.6 Å². The van der Waals surface area contributed by atoms with Crippen molar-refractivity contribution in [2.75, 3.05) is 18.8 Å². The molecule has 3 rings (SSSR count). The molecular weight excluding hydrogens is 370 g/mol. The first-order chi connectivity index (χ1) is 12.6. The summed E-state index contributed by atoms with van der Waals surface area (Å²) in [5, 5.41) is 10.3. The molecule has 3 aromatic rings. The van der Waals surface area contributed by atoms with Crippen LogP contribution in [0.4, 0.5) is 5.69 Å². The van der Waals surface area contributed by atoms with Crippen LogP contribution in [0.3, 0.4) is 0 Å². The van der Waals surface area contributed by atoms with E-state index in [1.54, 1.807) is 31.2 Å². The van der Waals surface area contributed by atoms with Gasteiger partial charge in [0.25, 0.3) is 0 Å². The fourth-order valence-electron chi connectivity index (χ4n) is 2.67. The fourth-order valence-corrected chi connectivity index (χ4v) is 3.27. The first kappa shape index (κ1) is 18.7. The summed E-state index contributed by atoms with van der Waals surface area (Å²) >= 11 is 0. The van der Waals surface area contributed by atoms with Crippen molar-refractivity contribution >= 4 is 43.5 Å². The van der Waals surface area contributed by atoms with Crippen LogP contribution in [0.5, 0.6) is 0 Å². The van der Waals surface area contributed by atoms with Gasteiger partial charge in [0.2, 0.25) is 0 Å². The fraction of sp³-hybridized carbons (Fsp3) is 0.167. The van der Waals surface area contributed by atoms with Crippen LogP contribution in [-0.2, 0) is 10.2 Å². The highest BCUT2D eigenvalue weighted by Gasteiger charge is 2.15. The van der Waals surface area contributed by atoms with Gasteiger partial charge in [0.15, 0.2) is 5.43 Å². The number of carbonyl (C=O) groups is 1. The van der Waals surface area contributed by atoms with E-state index in [0.29, 0.717) is 16.6 Å². The summed E-state index contributed by atoms with van der Waals surface area (Å²) < 4.78 is 27.4. The molecule has 1 aromatic heterocycles. The van der Waals surface area contributed by atoms with Gasteiger partial charge in [-0.15, -0.1) is 0 Å². The van der Waals surface area contributed by atoms with E-state index >= 15 is 0 Å². The van der Waals surface area contributed by atoms with E-state index in [0.717, 1.165) is 4.31 Å². The predicted molar refractivity (Wildman–Crippen MR) is 103 cm³/mol. The van der Waals surface area contributed by atoms with Gasteiger partial charge >= 0.3 is 16.2 Å². The second-order valence-corrected chi connectivity index (χ2v) is 8.10. The number of fused-ring (bicyclic) bond motifs is 2. The number of hydrogen-bond donors (Lipinski definition) is 2. The normalized spacial score (nSPS) is 11.9. The number of carboxylic acids is 1. The van der Waals surface area contributed by atoms with E-state index in [1.807, 2.05) is 0 Å². The Morgan fingerprint density at radius 2 is 1.78 bits per heavy atom. The molecule has 0 aliphatic heterocycles. The van der Waals surface area contributed by atoms with Crippen molar-refractivity contribution in [1.82, 2.24) is 9.29 Å². The average Bonchev–Trinajstić information content (AvgIpc) is 2.71. The minimum atomic E-state index is -3.72. The molecule has 0 aliphatic rings. The SMILES string of the molecule is Cc1nc2ccc3ccc(NS(=O)(=O)N(C)C)cc3c(=O)c2cc1C(=O)O. The molecule has 0 saturated carbocycles. The van der Waals surface area contributed by atoms with Gasteiger partial charge in [-0.1, -0.05) is 12.1 Å². The number of pyridine rings is 1. The third-order valence-electron chi connectivity index (χ3n) is 4.16. The molecule has 0 aliphatic carbocycles. The summed E-state index contributed by atoms with van der Waals surface area (Å²) in [6.07, 6.45) is 0. The van der Waals surface area contributed by atoms with Crippen molar-refractivity contribution in [3.8, 4) is 0 Å². The lowest BCUT2D eigenvalue weighted by Gasteiger charge is -2.13. The van der Waals surface area contributed by atoms with E-state index in [-0.39, 0.29) is 22.0 Å². The van der Waals surface area contributed by atoms with Gasteiger partial charge in [0, 0.05) is 24.9 Å². The predicted octanol–water partition coefficient (Wildman–Crippen LogP) is 1.97. The summed E-state index contributed by atoms with van der Waals surface area (Å²) in [4.78, 5) is 28.6. The highest BCUT2D eigenvalue weighted by Crippen LogP contribution is 2.21. The van der Waals surface area contributed by atoms with E-state index in [9.17, 15) is 23.1 Å². The Labute approximate surface area is 155 Å². The minimum absolute atomic E-state index is 0.0524. The second-order valence-electron chi connectivity index (χ2n) is 6.21. The summed E-state index contributed by atoms with van der Waals surface area (Å²) in [5.41, 5.74) is 0.429. The summed E-state index contributed by atoms with van der Waals surface area (Å²) in [7, 11) is -0.952. The molecule has 0 bridgehead atoms. The molecule has 0 unspecified atom stereocenters. The maximum atomic E-state index is 13.0. The van der Waals surface area contributed by atoms with Crippen molar-refractivity contribution in [1.29, 1.82) is 0 Å². The second kappa shape index (κ2) is 6.60. The van der Waals surface area contributed by atoms with E-state index in [1.165, 1.54) is 26.2 Å². The summed E-state index contributed by atoms with van der Waals surface area (Å²) in [5.74, 6) is -1.17. The van der Waals surface area contributed by atoms with Crippen LogP contribution in [-0.4, -0.2) is 42.9 Å². The minimum Gasteiger partial charge on any atom is -0.478 e. The number of nitrogens with one attached hydrogen (secondary N) is 1. The number of aromatic nitrogens is 1. The monoisotopic (exact) mass is 387 g/mol. The number of benzene rings is 1. The highest BCUT2D eigenvalue weighted by molar-refractivity contribution is 7.90. The smallest absolute Gasteiger partial charge is 0.337 e. The van der Waals surface area contributed by atoms with Crippen LogP contribution in [0, 0.1) is 6.92 Å². The summed E-state index contributed by atoms with van der Waals surface area (Å²) in [6, 6.07) is 9.23. The van der Waals surface area contributed by atoms with Gasteiger partial charge < -0.3 is 5.11 Å². The van der Waals surface area contributed by atoms with Crippen molar-refractivity contribution in [2.45, 2.75) is 6.92 Å². The van der Waals surface area contributed by atoms with Gasteiger partial charge in [0.05, 0.1) is 22.5 Å². The first-order valence-corrected chi connectivity index (χ1v) is 9.36. The standard InChI is InChI=1S/C18H17N3O5S/c1-10-13(18(23)24)9-15-16(19-10)7-5-11-4-6-12(8-14(11)17(15)22)20-27(25,26)21(2)3/h4-9,20H,1-3H3,(H,23,24). The molecule has 0 saturated heterocycles. The zero-order valence-corrected chi connectivity index (χ0v) is 15.7. The van der Waals surface area contributed by atoms with E-state index in [4.69, 9.17) is 0 Å². The number of carboxylic acid groups (broad SMARTS) is 1. The number of aryl methyl sites for hydroxylation is 1. The Bertz CT molecular complexity index is 1250. The molecule has 0 atom stereocenters. The van der Waals surface area contributed by atoms with Crippen LogP contribution >= 0.6 is 0 Å². The Morgan fingerprint density at radius 3 is 2.41 bits per heavy atom. The van der Waals surface area contributed by atoms with Crippen molar-refractivity contribution in [3.05, 3.63) is 57.9 Å². The topological polar surface area (TPSA) is 117 Å². The van der Waals surface area contributed by atoms with Gasteiger partial charge in [-0.3, -0.25) is 14.5 Å². The van der Waals surface area contributed by atoms with Crippen molar-refractivity contribution < 1.29 is 18.3 Å². The third kappa shape index (κ3) is 3.46. The zero-order valence-electron chi connectivity index (χ0n) is 14.8. The largest absolute Gasteiger partial charge is 0.478 e. The van der Waals surface area contributed by atoms with Crippen LogP contribution in [0.2, 0.25) is 0 Å². The number of nitrogens with zero attached hydrogens (tertiary/aromatic N) is 2. The lowest BCUT2D eigenvalue weighted by Crippen LogP contribution is -2.28. The molecule has 140 valence electrons. The molecular formula is C18H17N3O5S. The zero-order chi connectivity index (χ0) is 19.9. The van der Waals surface area contributed by atoms with Crippen LogP contribution in [0.25, 0.3) is 21.7 Å². The molecule has 8 nitrogen and oxygen atoms in total. The number of anilines is 1. The molecule has 0 radical (unpaired) electrons. The molecule has 1 heterocycles. The van der Waals surface area contributed by atoms with Gasteiger partial charge in [-0.2, -0.15) is 12.7 Å². The molecule has 0 fully saturated rings. The molecule has 2 aromatic carbocycles. The summed E-state index contributed by atoms with van der Waals surface area (Å²) in [6.45, 7) is 1.56. The van der Waals surface area contributed by atoms with Crippen LogP contribution < -0.4 is 10.2 Å². The Balaban J connectivity index is 2.31. The molecule has 2 N–H and O–H groups in total. The van der Waals surface area contributed by atoms with Crippen LogP contribution in [0.1, 0.15) is 16.1 Å². The number of rotatable bonds is 4. The molecule has 27 heavy (non-hydrogen) atoms. The number of hydrogen-bond acceptors (Lipinski definition) is 5. The first-order valence-electron chi connectivity index (χ1n) is 7.92. The maximum Gasteiger partial charge on any atom is 0.337 e. The van der Waals surface area contributed by atoms with E-state index in [2.05, 4.69) is 9.71 Å². The molecule has 0 spiro atoms. The van der Waals surface area contributed by atoms with Gasteiger partial charge in [-0.25, -0.2) is 4.79 Å². The van der Waals surface area contributed by atoms with Crippen molar-refractivity contribution in [3.63, 3.8) is 0 Å². The molecule has 9 heteroatoms. The van der Waals surface area contributed by atoms with Crippen molar-refractivity contribution in [2.24, 2.45) is 0 Å². The Morgan fingerprint density at radius 1 is 1.11 bits per heavy atom. The lowest BCUT2D eigenvalue weighted by molar-refractivity contribution is 0.0696. The highest BCUT2D eigenvalue weighted by atomic mass is 32.2. The third-order valence-corrected chi connectivity index (χ3v) is 5.62. The quantitative estimate of drug-likeness (QED) is 0.707. The Kier molecular flexibility index (Phi) is 4.58. The van der Waals surface area contributed by atoms with Crippen LogP contribution in [0.15, 0.2) is 41.2 Å². The average molecular weight is 387 g/mol. The maximum absolute atomic E-state index is 13.0.